The van der Waals surface area contributed by atoms with Crippen LogP contribution in [0.4, 0.5) is 0 Å². The standard InChI is InChI=1S/C14H20N2O/c1-4-6-13(5-2)17-14-8-7-12(16-11-14)9-10-15-3/h4-8,11,15H,9-10H2,1-3H3/b6-4-,13-5+. The lowest BCUT2D eigenvalue weighted by Gasteiger charge is -2.06. The summed E-state index contributed by atoms with van der Waals surface area (Å²) < 4.78 is 5.66. The van der Waals surface area contributed by atoms with Crippen LogP contribution in [0.25, 0.3) is 0 Å². The van der Waals surface area contributed by atoms with Crippen molar-refractivity contribution in [1.82, 2.24) is 10.3 Å². The number of likely N-dealkylation sites (N-methyl/N-ethyl adjacent to an activating group) is 1. The van der Waals surface area contributed by atoms with Crippen LogP contribution in [0, 0.1) is 0 Å². The van der Waals surface area contributed by atoms with Crippen molar-refractivity contribution >= 4 is 0 Å². The molecule has 0 amide bonds. The number of nitrogens with one attached hydrogen (secondary N) is 1. The third kappa shape index (κ3) is 4.83. The van der Waals surface area contributed by atoms with Gasteiger partial charge in [0.15, 0.2) is 0 Å². The summed E-state index contributed by atoms with van der Waals surface area (Å²) in [6.45, 7) is 4.85. The number of aromatic nitrogens is 1. The molecule has 0 saturated heterocycles. The number of hydrogen-bond acceptors (Lipinski definition) is 3. The minimum atomic E-state index is 0.768. The van der Waals surface area contributed by atoms with Gasteiger partial charge in [-0.1, -0.05) is 6.08 Å². The molecule has 0 aliphatic carbocycles. The van der Waals surface area contributed by atoms with E-state index < -0.39 is 0 Å². The highest BCUT2D eigenvalue weighted by Gasteiger charge is 1.98. The van der Waals surface area contributed by atoms with E-state index in [1.165, 1.54) is 0 Å². The van der Waals surface area contributed by atoms with Crippen LogP contribution >= 0.6 is 0 Å². The van der Waals surface area contributed by atoms with E-state index in [9.17, 15) is 0 Å². The third-order valence-corrected chi connectivity index (χ3v) is 2.28. The van der Waals surface area contributed by atoms with Gasteiger partial charge in [-0.25, -0.2) is 0 Å². The van der Waals surface area contributed by atoms with Gasteiger partial charge in [-0.15, -0.1) is 0 Å². The van der Waals surface area contributed by atoms with Gasteiger partial charge in [0, 0.05) is 18.7 Å². The molecular weight excluding hydrogens is 212 g/mol. The molecule has 0 fully saturated rings. The Balaban J connectivity index is 2.61. The first-order chi connectivity index (χ1) is 8.30. The van der Waals surface area contributed by atoms with Crippen molar-refractivity contribution in [3.63, 3.8) is 0 Å². The second-order valence-corrected chi connectivity index (χ2v) is 3.63. The summed E-state index contributed by atoms with van der Waals surface area (Å²) in [6, 6.07) is 3.95. The summed E-state index contributed by atoms with van der Waals surface area (Å²) in [4.78, 5) is 4.35. The van der Waals surface area contributed by atoms with Crippen LogP contribution < -0.4 is 10.1 Å². The minimum Gasteiger partial charge on any atom is -0.456 e. The maximum absolute atomic E-state index is 5.66. The van der Waals surface area contributed by atoms with Crippen LogP contribution in [0.15, 0.2) is 42.3 Å². The zero-order chi connectivity index (χ0) is 12.5. The molecule has 1 heterocycles. The van der Waals surface area contributed by atoms with Crippen LogP contribution in [-0.4, -0.2) is 18.6 Å². The summed E-state index contributed by atoms with van der Waals surface area (Å²) in [6.07, 6.45) is 8.49. The number of allylic oxidation sites excluding steroid dienone is 3. The Morgan fingerprint density at radius 3 is 2.76 bits per heavy atom. The van der Waals surface area contributed by atoms with Crippen molar-refractivity contribution in [1.29, 1.82) is 0 Å². The molecule has 0 saturated carbocycles. The molecule has 1 rings (SSSR count). The van der Waals surface area contributed by atoms with Crippen molar-refractivity contribution in [3.05, 3.63) is 48.0 Å². The van der Waals surface area contributed by atoms with Crippen LogP contribution in [0.3, 0.4) is 0 Å². The molecule has 3 heteroatoms. The second kappa shape index (κ2) is 7.63. The lowest BCUT2D eigenvalue weighted by molar-refractivity contribution is 0.440. The Bertz CT molecular complexity index is 380. The van der Waals surface area contributed by atoms with Crippen molar-refractivity contribution in [3.8, 4) is 5.75 Å². The van der Waals surface area contributed by atoms with Crippen LogP contribution in [0.2, 0.25) is 0 Å². The first kappa shape index (κ1) is 13.5. The number of pyridine rings is 1. The van der Waals surface area contributed by atoms with Crippen LogP contribution in [-0.2, 0) is 6.42 Å². The van der Waals surface area contributed by atoms with Crippen LogP contribution in [0.1, 0.15) is 19.5 Å². The maximum Gasteiger partial charge on any atom is 0.145 e. The average molecular weight is 232 g/mol. The van der Waals surface area contributed by atoms with E-state index in [1.807, 2.05) is 51.3 Å². The molecule has 0 aromatic carbocycles. The fourth-order valence-electron chi connectivity index (χ4n) is 1.36. The first-order valence-corrected chi connectivity index (χ1v) is 5.86. The maximum atomic E-state index is 5.66. The van der Waals surface area contributed by atoms with E-state index in [0.717, 1.165) is 30.2 Å². The molecule has 0 atom stereocenters. The zero-order valence-corrected chi connectivity index (χ0v) is 10.7. The summed E-state index contributed by atoms with van der Waals surface area (Å²) in [5.74, 6) is 1.60. The van der Waals surface area contributed by atoms with E-state index in [2.05, 4.69) is 10.3 Å². The Hall–Kier alpha value is -1.61. The van der Waals surface area contributed by atoms with E-state index in [1.54, 1.807) is 6.20 Å². The molecule has 0 aliphatic rings. The van der Waals surface area contributed by atoms with Gasteiger partial charge in [0.2, 0.25) is 0 Å². The average Bonchev–Trinajstić information content (AvgIpc) is 2.37. The largest absolute Gasteiger partial charge is 0.456 e. The fraction of sp³-hybridized carbons (Fsp3) is 0.357. The van der Waals surface area contributed by atoms with Gasteiger partial charge in [-0.3, -0.25) is 4.98 Å². The Morgan fingerprint density at radius 1 is 1.41 bits per heavy atom. The predicted molar refractivity (Wildman–Crippen MR) is 71.1 cm³/mol. The lowest BCUT2D eigenvalue weighted by atomic mass is 10.2. The SMILES string of the molecule is C/C=C\C(=C/C)Oc1ccc(CCNC)nc1. The molecule has 0 aliphatic heterocycles. The minimum absolute atomic E-state index is 0.768. The van der Waals surface area contributed by atoms with Crippen molar-refractivity contribution in [2.75, 3.05) is 13.6 Å². The first-order valence-electron chi connectivity index (χ1n) is 5.86. The van der Waals surface area contributed by atoms with Crippen molar-refractivity contribution in [2.45, 2.75) is 20.3 Å². The van der Waals surface area contributed by atoms with Gasteiger partial charge in [-0.2, -0.15) is 0 Å². The number of hydrogen-bond donors (Lipinski definition) is 1. The molecule has 0 bridgehead atoms. The van der Waals surface area contributed by atoms with Crippen LogP contribution in [0.5, 0.6) is 5.75 Å². The molecular formula is C14H20N2O. The molecule has 3 nitrogen and oxygen atoms in total. The molecule has 17 heavy (non-hydrogen) atoms. The molecule has 1 N–H and O–H groups in total. The Kier molecular flexibility index (Phi) is 6.04. The normalized spacial score (nSPS) is 12.1. The van der Waals surface area contributed by atoms with Crippen molar-refractivity contribution in [2.24, 2.45) is 0 Å². The third-order valence-electron chi connectivity index (χ3n) is 2.28. The molecule has 0 spiro atoms. The number of ether oxygens (including phenoxy) is 1. The van der Waals surface area contributed by atoms with Gasteiger partial charge >= 0.3 is 0 Å². The molecule has 0 radical (unpaired) electrons. The highest BCUT2D eigenvalue weighted by Crippen LogP contribution is 2.13. The highest BCUT2D eigenvalue weighted by molar-refractivity contribution is 5.25. The van der Waals surface area contributed by atoms with E-state index >= 15 is 0 Å². The van der Waals surface area contributed by atoms with Gasteiger partial charge in [0.1, 0.15) is 11.5 Å². The highest BCUT2D eigenvalue weighted by atomic mass is 16.5. The number of rotatable bonds is 6. The molecule has 1 aromatic heterocycles. The smallest absolute Gasteiger partial charge is 0.145 e. The monoisotopic (exact) mass is 232 g/mol. The van der Waals surface area contributed by atoms with E-state index in [0.29, 0.717) is 0 Å². The second-order valence-electron chi connectivity index (χ2n) is 3.63. The van der Waals surface area contributed by atoms with E-state index in [4.69, 9.17) is 4.74 Å². The number of nitrogens with zero attached hydrogens (tertiary/aromatic N) is 1. The zero-order valence-electron chi connectivity index (χ0n) is 10.7. The Labute approximate surface area is 103 Å². The summed E-state index contributed by atoms with van der Waals surface area (Å²) in [7, 11) is 1.94. The van der Waals surface area contributed by atoms with Crippen molar-refractivity contribution < 1.29 is 4.74 Å². The fourth-order valence-corrected chi connectivity index (χ4v) is 1.36. The summed E-state index contributed by atoms with van der Waals surface area (Å²) >= 11 is 0. The molecule has 0 unspecified atom stereocenters. The van der Waals surface area contributed by atoms with Gasteiger partial charge < -0.3 is 10.1 Å². The lowest BCUT2D eigenvalue weighted by Crippen LogP contribution is -2.11. The summed E-state index contributed by atoms with van der Waals surface area (Å²) in [5, 5.41) is 3.10. The van der Waals surface area contributed by atoms with E-state index in [-0.39, 0.29) is 0 Å². The van der Waals surface area contributed by atoms with Gasteiger partial charge in [0.05, 0.1) is 6.20 Å². The topological polar surface area (TPSA) is 34.1 Å². The van der Waals surface area contributed by atoms with Gasteiger partial charge in [-0.05, 0) is 45.2 Å². The molecule has 92 valence electrons. The Morgan fingerprint density at radius 2 is 2.24 bits per heavy atom. The quantitative estimate of drug-likeness (QED) is 0.605. The molecule has 1 aromatic rings. The summed E-state index contributed by atoms with van der Waals surface area (Å²) in [5.41, 5.74) is 1.07. The predicted octanol–water partition coefficient (Wildman–Crippen LogP) is 2.70. The van der Waals surface area contributed by atoms with Gasteiger partial charge in [0.25, 0.3) is 0 Å².